The van der Waals surface area contributed by atoms with Crippen LogP contribution in [0.15, 0.2) is 29.6 Å². The quantitative estimate of drug-likeness (QED) is 0.859. The number of hydrogen-bond donors (Lipinski definition) is 1. The van der Waals surface area contributed by atoms with Crippen molar-refractivity contribution in [2.45, 2.75) is 18.5 Å². The van der Waals surface area contributed by atoms with Crippen LogP contribution in [0.4, 0.5) is 4.39 Å². The number of nitrogens with zero attached hydrogens (tertiary/aromatic N) is 2. The molecule has 0 aliphatic heterocycles. The average Bonchev–Trinajstić information content (AvgIpc) is 2.79. The fourth-order valence-electron chi connectivity index (χ4n) is 1.77. The Morgan fingerprint density at radius 3 is 2.90 bits per heavy atom. The lowest BCUT2D eigenvalue weighted by Gasteiger charge is -2.11. The molecule has 2 aromatic rings. The number of thioether (sulfide) groups is 1. The van der Waals surface area contributed by atoms with Gasteiger partial charge < -0.3 is 5.11 Å². The Bertz CT molecular complexity index is 645. The van der Waals surface area contributed by atoms with Crippen molar-refractivity contribution in [3.8, 4) is 5.69 Å². The smallest absolute Gasteiger partial charge is 0.313 e. The summed E-state index contributed by atoms with van der Waals surface area (Å²) < 4.78 is 15.7. The van der Waals surface area contributed by atoms with Gasteiger partial charge in [0.2, 0.25) is 0 Å². The molecule has 0 unspecified atom stereocenters. The second-order valence-electron chi connectivity index (χ2n) is 4.00. The highest BCUT2D eigenvalue weighted by molar-refractivity contribution is 7.99. The van der Waals surface area contributed by atoms with E-state index >= 15 is 0 Å². The largest absolute Gasteiger partial charge is 0.481 e. The molecule has 1 N–H and O–H groups in total. The van der Waals surface area contributed by atoms with Crippen LogP contribution in [0.25, 0.3) is 5.69 Å². The third kappa shape index (κ3) is 3.13. The van der Waals surface area contributed by atoms with E-state index in [9.17, 15) is 9.18 Å². The Morgan fingerprint density at radius 1 is 1.55 bits per heavy atom. The molecule has 0 bridgehead atoms. The molecule has 0 amide bonds. The summed E-state index contributed by atoms with van der Waals surface area (Å²) in [5.74, 6) is -1.54. The van der Waals surface area contributed by atoms with Crippen LogP contribution in [-0.2, 0) is 11.2 Å². The molecule has 0 radical (unpaired) electrons. The molecule has 0 atom stereocenters. The standard InChI is InChI=1S/C13H12ClFN2O2S/c1-2-9-6-16-13(20-7-12(18)19)17(9)11-4-3-8(14)5-10(11)15/h3-6H,2,7H2,1H3,(H,18,19). The Hall–Kier alpha value is -1.53. The molecular weight excluding hydrogens is 303 g/mol. The number of aromatic nitrogens is 2. The molecule has 0 saturated heterocycles. The molecular formula is C13H12ClFN2O2S. The average molecular weight is 315 g/mol. The van der Waals surface area contributed by atoms with Gasteiger partial charge in [-0.05, 0) is 24.6 Å². The second kappa shape index (κ2) is 6.28. The van der Waals surface area contributed by atoms with Crippen LogP contribution >= 0.6 is 23.4 Å². The van der Waals surface area contributed by atoms with Crippen LogP contribution in [0.2, 0.25) is 5.02 Å². The summed E-state index contributed by atoms with van der Waals surface area (Å²) >= 11 is 6.80. The first-order chi connectivity index (χ1) is 9.52. The second-order valence-corrected chi connectivity index (χ2v) is 5.38. The summed E-state index contributed by atoms with van der Waals surface area (Å²) in [6.45, 7) is 1.92. The Morgan fingerprint density at radius 2 is 2.30 bits per heavy atom. The van der Waals surface area contributed by atoms with Gasteiger partial charge in [-0.3, -0.25) is 9.36 Å². The molecule has 106 valence electrons. The maximum absolute atomic E-state index is 14.1. The monoisotopic (exact) mass is 314 g/mol. The van der Waals surface area contributed by atoms with Crippen molar-refractivity contribution < 1.29 is 14.3 Å². The fraction of sp³-hybridized carbons (Fsp3) is 0.231. The van der Waals surface area contributed by atoms with E-state index in [1.54, 1.807) is 22.9 Å². The number of rotatable bonds is 5. The third-order valence-corrected chi connectivity index (χ3v) is 3.81. The molecule has 1 aromatic carbocycles. The lowest BCUT2D eigenvalue weighted by atomic mass is 10.2. The lowest BCUT2D eigenvalue weighted by molar-refractivity contribution is -0.133. The van der Waals surface area contributed by atoms with E-state index in [0.717, 1.165) is 17.5 Å². The van der Waals surface area contributed by atoms with Crippen LogP contribution in [0.3, 0.4) is 0 Å². The molecule has 0 aliphatic rings. The summed E-state index contributed by atoms with van der Waals surface area (Å²) in [6, 6.07) is 4.37. The highest BCUT2D eigenvalue weighted by Gasteiger charge is 2.15. The van der Waals surface area contributed by atoms with E-state index < -0.39 is 11.8 Å². The number of hydrogen-bond acceptors (Lipinski definition) is 3. The minimum absolute atomic E-state index is 0.130. The van der Waals surface area contributed by atoms with Gasteiger partial charge in [-0.15, -0.1) is 0 Å². The number of halogens is 2. The minimum Gasteiger partial charge on any atom is -0.481 e. The number of aliphatic carboxylic acids is 1. The molecule has 4 nitrogen and oxygen atoms in total. The number of imidazole rings is 1. The number of carbonyl (C=O) groups is 1. The van der Waals surface area contributed by atoms with Crippen molar-refractivity contribution in [2.75, 3.05) is 5.75 Å². The van der Waals surface area contributed by atoms with Crippen molar-refractivity contribution in [3.05, 3.63) is 40.9 Å². The number of aryl methyl sites for hydroxylation is 1. The van der Waals surface area contributed by atoms with Gasteiger partial charge in [-0.1, -0.05) is 30.3 Å². The topological polar surface area (TPSA) is 55.1 Å². The van der Waals surface area contributed by atoms with E-state index in [1.807, 2.05) is 6.92 Å². The SMILES string of the molecule is CCc1cnc(SCC(=O)O)n1-c1ccc(Cl)cc1F. The predicted octanol–water partition coefficient (Wildman–Crippen LogP) is 3.40. The van der Waals surface area contributed by atoms with Crippen molar-refractivity contribution in [1.29, 1.82) is 0 Å². The number of carboxylic acids is 1. The molecule has 0 fully saturated rings. The van der Waals surface area contributed by atoms with E-state index in [0.29, 0.717) is 22.3 Å². The molecule has 0 spiro atoms. The van der Waals surface area contributed by atoms with Gasteiger partial charge in [0, 0.05) is 16.9 Å². The van der Waals surface area contributed by atoms with Crippen LogP contribution in [0, 0.1) is 5.82 Å². The van der Waals surface area contributed by atoms with Gasteiger partial charge in [-0.2, -0.15) is 0 Å². The van der Waals surface area contributed by atoms with Crippen molar-refractivity contribution in [3.63, 3.8) is 0 Å². The molecule has 0 aliphatic carbocycles. The Labute approximate surface area is 124 Å². The van der Waals surface area contributed by atoms with Crippen molar-refractivity contribution in [1.82, 2.24) is 9.55 Å². The van der Waals surface area contributed by atoms with E-state index in [1.165, 1.54) is 6.07 Å². The summed E-state index contributed by atoms with van der Waals surface area (Å²) in [7, 11) is 0. The maximum atomic E-state index is 14.1. The lowest BCUT2D eigenvalue weighted by Crippen LogP contribution is -2.05. The summed E-state index contributed by atoms with van der Waals surface area (Å²) in [5, 5.41) is 9.50. The first kappa shape index (κ1) is 14.9. The Kier molecular flexibility index (Phi) is 4.67. The van der Waals surface area contributed by atoms with Gasteiger partial charge in [0.05, 0.1) is 11.4 Å². The van der Waals surface area contributed by atoms with Gasteiger partial charge >= 0.3 is 5.97 Å². The molecule has 7 heteroatoms. The van der Waals surface area contributed by atoms with Crippen LogP contribution in [-0.4, -0.2) is 26.4 Å². The summed E-state index contributed by atoms with van der Waals surface area (Å²) in [4.78, 5) is 14.8. The molecule has 1 heterocycles. The summed E-state index contributed by atoms with van der Waals surface area (Å²) in [6.07, 6.45) is 2.28. The molecule has 2 rings (SSSR count). The summed E-state index contributed by atoms with van der Waals surface area (Å²) in [5.41, 5.74) is 1.12. The molecule has 20 heavy (non-hydrogen) atoms. The van der Waals surface area contributed by atoms with Gasteiger partial charge in [0.1, 0.15) is 5.82 Å². The predicted molar refractivity (Wildman–Crippen MR) is 76.3 cm³/mol. The number of carboxylic acid groups (broad SMARTS) is 1. The van der Waals surface area contributed by atoms with Crippen molar-refractivity contribution >= 4 is 29.3 Å². The number of benzene rings is 1. The highest BCUT2D eigenvalue weighted by Crippen LogP contribution is 2.26. The van der Waals surface area contributed by atoms with Crippen LogP contribution in [0.1, 0.15) is 12.6 Å². The molecule has 1 aromatic heterocycles. The van der Waals surface area contributed by atoms with Gasteiger partial charge in [-0.25, -0.2) is 9.37 Å². The third-order valence-electron chi connectivity index (χ3n) is 2.64. The zero-order chi connectivity index (χ0) is 14.7. The van der Waals surface area contributed by atoms with Crippen molar-refractivity contribution in [2.24, 2.45) is 0 Å². The molecule has 0 saturated carbocycles. The van der Waals surface area contributed by atoms with Crippen LogP contribution in [0.5, 0.6) is 0 Å². The first-order valence-electron chi connectivity index (χ1n) is 5.89. The Balaban J connectivity index is 2.47. The van der Waals surface area contributed by atoms with Gasteiger partial charge in [0.25, 0.3) is 0 Å². The van der Waals surface area contributed by atoms with E-state index in [2.05, 4.69) is 4.98 Å². The van der Waals surface area contributed by atoms with E-state index in [4.69, 9.17) is 16.7 Å². The highest BCUT2D eigenvalue weighted by atomic mass is 35.5. The zero-order valence-electron chi connectivity index (χ0n) is 10.6. The first-order valence-corrected chi connectivity index (χ1v) is 7.26. The maximum Gasteiger partial charge on any atom is 0.313 e. The van der Waals surface area contributed by atoms with Gasteiger partial charge in [0.15, 0.2) is 5.16 Å². The zero-order valence-corrected chi connectivity index (χ0v) is 12.2. The van der Waals surface area contributed by atoms with E-state index in [-0.39, 0.29) is 5.75 Å². The van der Waals surface area contributed by atoms with Crippen LogP contribution < -0.4 is 0 Å². The fourth-order valence-corrected chi connectivity index (χ4v) is 2.65. The normalized spacial score (nSPS) is 10.8. The minimum atomic E-state index is -0.945.